The van der Waals surface area contributed by atoms with Gasteiger partial charge in [0.05, 0.1) is 11.7 Å². The van der Waals surface area contributed by atoms with Crippen molar-refractivity contribution in [3.8, 4) is 0 Å². The molecule has 1 aliphatic rings. The van der Waals surface area contributed by atoms with E-state index < -0.39 is 27.9 Å². The van der Waals surface area contributed by atoms with Gasteiger partial charge < -0.3 is 15.3 Å². The minimum absolute atomic E-state index is 0.00373. The highest BCUT2D eigenvalue weighted by Gasteiger charge is 2.35. The monoisotopic (exact) mass is 265 g/mol. The van der Waals surface area contributed by atoms with Crippen LogP contribution in [0, 0.1) is 5.92 Å². The first-order chi connectivity index (χ1) is 7.85. The number of nitrogens with zero attached hydrogens (tertiary/aromatic N) is 1. The van der Waals surface area contributed by atoms with E-state index in [1.165, 1.54) is 11.9 Å². The summed E-state index contributed by atoms with van der Waals surface area (Å²) in [4.78, 5) is 23.2. The molecule has 3 N–H and O–H groups in total. The molecule has 17 heavy (non-hydrogen) atoms. The molecule has 98 valence electrons. The zero-order valence-electron chi connectivity index (χ0n) is 9.34. The van der Waals surface area contributed by atoms with Crippen LogP contribution in [0.3, 0.4) is 0 Å². The van der Waals surface area contributed by atoms with Gasteiger partial charge in [-0.15, -0.1) is 0 Å². The quantitative estimate of drug-likeness (QED) is 0.546. The van der Waals surface area contributed by atoms with Crippen LogP contribution in [0.5, 0.6) is 0 Å². The van der Waals surface area contributed by atoms with Gasteiger partial charge in [0.1, 0.15) is 0 Å². The molecule has 2 amide bonds. The topological polar surface area (TPSA) is 116 Å². The van der Waals surface area contributed by atoms with Crippen LogP contribution in [0.15, 0.2) is 0 Å². The number of hydrogen-bond donors (Lipinski definition) is 3. The molecule has 1 saturated heterocycles. The molecule has 1 aliphatic heterocycles. The van der Waals surface area contributed by atoms with Gasteiger partial charge in [-0.05, 0) is 7.05 Å². The van der Waals surface area contributed by atoms with Crippen molar-refractivity contribution in [1.29, 1.82) is 0 Å². The molecule has 0 spiro atoms. The molecule has 8 nitrogen and oxygen atoms in total. The summed E-state index contributed by atoms with van der Waals surface area (Å²) in [5.41, 5.74) is 0. The van der Waals surface area contributed by atoms with E-state index in [0.29, 0.717) is 0 Å². The first-order valence-electron chi connectivity index (χ1n) is 5.02. The van der Waals surface area contributed by atoms with Crippen LogP contribution in [-0.4, -0.2) is 62.9 Å². The van der Waals surface area contributed by atoms with Crippen molar-refractivity contribution in [1.82, 2.24) is 14.9 Å². The lowest BCUT2D eigenvalue weighted by Crippen LogP contribution is -2.56. The van der Waals surface area contributed by atoms with Crippen molar-refractivity contribution in [2.24, 2.45) is 5.92 Å². The maximum absolute atomic E-state index is 11.4. The summed E-state index contributed by atoms with van der Waals surface area (Å²) in [6.07, 6.45) is 0. The fraction of sp³-hybridized carbons (Fsp3) is 0.750. The summed E-state index contributed by atoms with van der Waals surface area (Å²) in [6, 6.07) is -0.436. The van der Waals surface area contributed by atoms with Crippen LogP contribution in [0.4, 0.5) is 4.79 Å². The van der Waals surface area contributed by atoms with Crippen LogP contribution < -0.4 is 10.0 Å². The highest BCUT2D eigenvalue weighted by atomic mass is 32.2. The zero-order valence-corrected chi connectivity index (χ0v) is 10.2. The van der Waals surface area contributed by atoms with Crippen LogP contribution >= 0.6 is 0 Å². The van der Waals surface area contributed by atoms with E-state index in [9.17, 15) is 18.0 Å². The van der Waals surface area contributed by atoms with Gasteiger partial charge in [-0.3, -0.25) is 4.79 Å². The van der Waals surface area contributed by atoms with Gasteiger partial charge in [-0.2, -0.15) is 0 Å². The van der Waals surface area contributed by atoms with Gasteiger partial charge in [0.2, 0.25) is 10.0 Å². The van der Waals surface area contributed by atoms with Gasteiger partial charge in [0, 0.05) is 19.6 Å². The second-order valence-corrected chi connectivity index (χ2v) is 5.74. The van der Waals surface area contributed by atoms with Crippen molar-refractivity contribution in [3.05, 3.63) is 0 Å². The number of likely N-dealkylation sites (tertiary alicyclic amines) is 1. The average molecular weight is 265 g/mol. The normalized spacial score (nSPS) is 16.4. The largest absolute Gasteiger partial charge is 0.481 e. The molecule has 0 radical (unpaired) electrons. The smallest absolute Gasteiger partial charge is 0.317 e. The highest BCUT2D eigenvalue weighted by molar-refractivity contribution is 7.89. The third-order valence-electron chi connectivity index (χ3n) is 2.48. The number of rotatable bonds is 5. The maximum atomic E-state index is 11.4. The molecule has 0 aliphatic carbocycles. The Morgan fingerprint density at radius 1 is 1.41 bits per heavy atom. The van der Waals surface area contributed by atoms with Crippen LogP contribution in [0.1, 0.15) is 0 Å². The SMILES string of the molecule is CNS(=O)(=O)CCNC(=O)N1CC(C(=O)O)C1. The Labute approximate surface area is 99.0 Å². The number of carboxylic acids is 1. The molecule has 1 heterocycles. The lowest BCUT2D eigenvalue weighted by atomic mass is 10.0. The number of carboxylic acid groups (broad SMARTS) is 1. The fourth-order valence-corrected chi connectivity index (χ4v) is 1.88. The first kappa shape index (κ1) is 13.7. The van der Waals surface area contributed by atoms with E-state index in [1.807, 2.05) is 0 Å². The van der Waals surface area contributed by atoms with E-state index in [0.717, 1.165) is 0 Å². The van der Waals surface area contributed by atoms with E-state index in [4.69, 9.17) is 5.11 Å². The lowest BCUT2D eigenvalue weighted by Gasteiger charge is -2.36. The summed E-state index contributed by atoms with van der Waals surface area (Å²) >= 11 is 0. The molecular formula is C8H15N3O5S. The third-order valence-corrected chi connectivity index (χ3v) is 3.84. The predicted molar refractivity (Wildman–Crippen MR) is 58.9 cm³/mol. The molecule has 1 fully saturated rings. The van der Waals surface area contributed by atoms with Gasteiger partial charge in [-0.25, -0.2) is 17.9 Å². The van der Waals surface area contributed by atoms with Crippen LogP contribution in [-0.2, 0) is 14.8 Å². The maximum Gasteiger partial charge on any atom is 0.317 e. The van der Waals surface area contributed by atoms with E-state index in [1.54, 1.807) is 0 Å². The standard InChI is InChI=1S/C8H15N3O5S/c1-9-17(15,16)3-2-10-8(14)11-4-6(5-11)7(12)13/h6,9H,2-5H2,1H3,(H,10,14)(H,12,13). The highest BCUT2D eigenvalue weighted by Crippen LogP contribution is 2.14. The number of sulfonamides is 1. The van der Waals surface area contributed by atoms with Crippen LogP contribution in [0.2, 0.25) is 0 Å². The summed E-state index contributed by atoms with van der Waals surface area (Å²) < 4.78 is 24.2. The van der Waals surface area contributed by atoms with Crippen molar-refractivity contribution in [2.45, 2.75) is 0 Å². The number of urea groups is 1. The van der Waals surface area contributed by atoms with Gasteiger partial charge in [0.15, 0.2) is 0 Å². The van der Waals surface area contributed by atoms with Crippen molar-refractivity contribution >= 4 is 22.0 Å². The number of aliphatic carboxylic acids is 1. The lowest BCUT2D eigenvalue weighted by molar-refractivity contribution is -0.146. The number of carbonyl (C=O) groups is 2. The van der Waals surface area contributed by atoms with Crippen LogP contribution in [0.25, 0.3) is 0 Å². The molecule has 0 saturated carbocycles. The Morgan fingerprint density at radius 3 is 2.47 bits per heavy atom. The second kappa shape index (κ2) is 5.32. The van der Waals surface area contributed by atoms with Crippen molar-refractivity contribution < 1.29 is 23.1 Å². The second-order valence-electron chi connectivity index (χ2n) is 3.70. The summed E-state index contributed by atoms with van der Waals surface area (Å²) in [5.74, 6) is -1.64. The average Bonchev–Trinajstić information content (AvgIpc) is 2.14. The Hall–Kier alpha value is -1.35. The minimum atomic E-state index is -3.33. The summed E-state index contributed by atoms with van der Waals surface area (Å²) in [5, 5.41) is 11.0. The van der Waals surface area contributed by atoms with Crippen molar-refractivity contribution in [2.75, 3.05) is 32.4 Å². The summed E-state index contributed by atoms with van der Waals surface area (Å²) in [6.45, 7) is 0.329. The Kier molecular flexibility index (Phi) is 4.29. The molecule has 9 heteroatoms. The Balaban J connectivity index is 2.22. The summed E-state index contributed by atoms with van der Waals surface area (Å²) in [7, 11) is -2.04. The number of amides is 2. The third kappa shape index (κ3) is 3.86. The van der Waals surface area contributed by atoms with Crippen molar-refractivity contribution in [3.63, 3.8) is 0 Å². The molecule has 0 bridgehead atoms. The molecule has 0 unspecified atom stereocenters. The van der Waals surface area contributed by atoms with Gasteiger partial charge in [-0.1, -0.05) is 0 Å². The Bertz CT molecular complexity index is 401. The molecular weight excluding hydrogens is 250 g/mol. The van der Waals surface area contributed by atoms with E-state index in [-0.39, 0.29) is 25.4 Å². The number of carbonyl (C=O) groups excluding carboxylic acids is 1. The molecule has 0 atom stereocenters. The first-order valence-corrected chi connectivity index (χ1v) is 6.68. The Morgan fingerprint density at radius 2 is 2.00 bits per heavy atom. The number of hydrogen-bond acceptors (Lipinski definition) is 4. The van der Waals surface area contributed by atoms with E-state index in [2.05, 4.69) is 10.0 Å². The molecule has 0 aromatic carbocycles. The number of nitrogens with one attached hydrogen (secondary N) is 2. The molecule has 1 rings (SSSR count). The fourth-order valence-electron chi connectivity index (χ4n) is 1.31. The van der Waals surface area contributed by atoms with Gasteiger partial charge in [0.25, 0.3) is 0 Å². The molecule has 0 aromatic heterocycles. The zero-order chi connectivity index (χ0) is 13.1. The minimum Gasteiger partial charge on any atom is -0.481 e. The van der Waals surface area contributed by atoms with E-state index >= 15 is 0 Å². The van der Waals surface area contributed by atoms with Gasteiger partial charge >= 0.3 is 12.0 Å². The predicted octanol–water partition coefficient (Wildman–Crippen LogP) is -1.74. The molecule has 0 aromatic rings.